The van der Waals surface area contributed by atoms with Crippen molar-refractivity contribution >= 4 is 11.8 Å². The highest BCUT2D eigenvalue weighted by Gasteiger charge is 2.15. The molecule has 0 amide bonds. The lowest BCUT2D eigenvalue weighted by atomic mass is 10.1. The van der Waals surface area contributed by atoms with Gasteiger partial charge in [-0.3, -0.25) is 4.79 Å². The van der Waals surface area contributed by atoms with Crippen LogP contribution in [0.3, 0.4) is 0 Å². The van der Waals surface area contributed by atoms with Crippen molar-refractivity contribution in [3.05, 3.63) is 64.8 Å². The molecule has 0 unspecified atom stereocenters. The Morgan fingerprint density at radius 2 is 1.69 bits per heavy atom. The first-order valence-electron chi connectivity index (χ1n) is 9.53. The van der Waals surface area contributed by atoms with Gasteiger partial charge in [-0.15, -0.1) is 0 Å². The first-order chi connectivity index (χ1) is 15.6. The fraction of sp³-hybridized carbons (Fsp3) is 0.182. The van der Waals surface area contributed by atoms with Gasteiger partial charge in [0.25, 0.3) is 5.56 Å². The molecule has 0 fully saturated rings. The molecule has 0 aliphatic heterocycles. The lowest BCUT2D eigenvalue weighted by molar-refractivity contribution is 0.388. The molecule has 2 heterocycles. The van der Waals surface area contributed by atoms with Crippen LogP contribution in [0.2, 0.25) is 0 Å². The van der Waals surface area contributed by atoms with E-state index in [4.69, 9.17) is 18.7 Å². The van der Waals surface area contributed by atoms with E-state index in [1.165, 1.54) is 17.8 Å². The molecule has 9 nitrogen and oxygen atoms in total. The number of aromatic nitrogens is 4. The standard InChI is InChI=1S/C22H20N4O5S/c1-28-14-6-4-13(5-7-14)17-11-19(27)24-22(23-17)32-12-20-25-21(26-31-20)16-9-8-15(29-2)10-18(16)30-3/h4-11H,12H2,1-3H3,(H,23,24,27). The summed E-state index contributed by atoms with van der Waals surface area (Å²) < 4.78 is 21.1. The van der Waals surface area contributed by atoms with Gasteiger partial charge in [0, 0.05) is 17.7 Å². The Bertz CT molecular complexity index is 1270. The van der Waals surface area contributed by atoms with Crippen molar-refractivity contribution in [2.45, 2.75) is 10.9 Å². The molecule has 4 rings (SSSR count). The Labute approximate surface area is 187 Å². The minimum atomic E-state index is -0.248. The number of rotatable bonds is 8. The van der Waals surface area contributed by atoms with Crippen molar-refractivity contribution in [3.63, 3.8) is 0 Å². The average molecular weight is 452 g/mol. The summed E-state index contributed by atoms with van der Waals surface area (Å²) in [6, 6.07) is 14.1. The van der Waals surface area contributed by atoms with Gasteiger partial charge in [-0.2, -0.15) is 4.98 Å². The van der Waals surface area contributed by atoms with Crippen LogP contribution in [0.5, 0.6) is 17.2 Å². The van der Waals surface area contributed by atoms with E-state index in [1.807, 2.05) is 24.3 Å². The van der Waals surface area contributed by atoms with E-state index < -0.39 is 0 Å². The van der Waals surface area contributed by atoms with Crippen molar-refractivity contribution < 1.29 is 18.7 Å². The largest absolute Gasteiger partial charge is 0.497 e. The second-order valence-corrected chi connectivity index (χ2v) is 7.49. The van der Waals surface area contributed by atoms with E-state index in [0.717, 1.165) is 11.3 Å². The number of hydrogen-bond acceptors (Lipinski definition) is 9. The zero-order chi connectivity index (χ0) is 22.5. The normalized spacial score (nSPS) is 10.7. The van der Waals surface area contributed by atoms with E-state index in [1.54, 1.807) is 39.5 Å². The molecule has 0 spiro atoms. The van der Waals surface area contributed by atoms with Crippen LogP contribution >= 0.6 is 11.8 Å². The molecule has 2 aromatic carbocycles. The number of benzene rings is 2. The summed E-state index contributed by atoms with van der Waals surface area (Å²) in [6.07, 6.45) is 0. The third-order valence-corrected chi connectivity index (χ3v) is 5.41. The van der Waals surface area contributed by atoms with Gasteiger partial charge >= 0.3 is 0 Å². The summed E-state index contributed by atoms with van der Waals surface area (Å²) in [5.74, 6) is 3.09. The quantitative estimate of drug-likeness (QED) is 0.315. The number of methoxy groups -OCH3 is 3. The minimum absolute atomic E-state index is 0.248. The van der Waals surface area contributed by atoms with E-state index >= 15 is 0 Å². The van der Waals surface area contributed by atoms with E-state index in [9.17, 15) is 4.79 Å². The lowest BCUT2D eigenvalue weighted by Gasteiger charge is -2.07. The van der Waals surface area contributed by atoms with Crippen molar-refractivity contribution in [2.24, 2.45) is 0 Å². The third kappa shape index (κ3) is 4.75. The lowest BCUT2D eigenvalue weighted by Crippen LogP contribution is -2.08. The van der Waals surface area contributed by atoms with Crippen LogP contribution in [0.25, 0.3) is 22.6 Å². The van der Waals surface area contributed by atoms with E-state index in [-0.39, 0.29) is 5.56 Å². The van der Waals surface area contributed by atoms with Crippen LogP contribution in [0.1, 0.15) is 5.89 Å². The molecule has 164 valence electrons. The predicted molar refractivity (Wildman–Crippen MR) is 119 cm³/mol. The van der Waals surface area contributed by atoms with Crippen molar-refractivity contribution in [3.8, 4) is 39.9 Å². The maximum atomic E-state index is 12.1. The molecule has 32 heavy (non-hydrogen) atoms. The van der Waals surface area contributed by atoms with Crippen molar-refractivity contribution in [1.82, 2.24) is 20.1 Å². The number of nitrogens with one attached hydrogen (secondary N) is 1. The Morgan fingerprint density at radius 1 is 0.938 bits per heavy atom. The summed E-state index contributed by atoms with van der Waals surface area (Å²) in [5, 5.41) is 4.49. The molecule has 0 atom stereocenters. The van der Waals surface area contributed by atoms with Crippen LogP contribution in [-0.2, 0) is 5.75 Å². The summed E-state index contributed by atoms with van der Waals surface area (Å²) in [5.41, 5.74) is 1.81. The highest BCUT2D eigenvalue weighted by atomic mass is 32.2. The van der Waals surface area contributed by atoms with Gasteiger partial charge in [-0.05, 0) is 36.4 Å². The van der Waals surface area contributed by atoms with Gasteiger partial charge in [0.2, 0.25) is 11.7 Å². The zero-order valence-electron chi connectivity index (χ0n) is 17.6. The van der Waals surface area contributed by atoms with Gasteiger partial charge in [0.1, 0.15) is 17.2 Å². The Balaban J connectivity index is 1.51. The highest BCUT2D eigenvalue weighted by molar-refractivity contribution is 7.98. The Morgan fingerprint density at radius 3 is 2.41 bits per heavy atom. The van der Waals surface area contributed by atoms with Crippen molar-refractivity contribution in [1.29, 1.82) is 0 Å². The second kappa shape index (κ2) is 9.56. The number of hydrogen-bond donors (Lipinski definition) is 1. The SMILES string of the molecule is COc1ccc(-c2cc(=O)[nH]c(SCc3nc(-c4ccc(OC)cc4OC)no3)n2)cc1. The number of aromatic amines is 1. The Kier molecular flexibility index (Phi) is 6.41. The average Bonchev–Trinajstić information content (AvgIpc) is 3.31. The topological polar surface area (TPSA) is 112 Å². The van der Waals surface area contributed by atoms with Crippen molar-refractivity contribution in [2.75, 3.05) is 21.3 Å². The van der Waals surface area contributed by atoms with Crippen LogP contribution in [0.4, 0.5) is 0 Å². The van der Waals surface area contributed by atoms with Gasteiger partial charge in [0.15, 0.2) is 5.16 Å². The highest BCUT2D eigenvalue weighted by Crippen LogP contribution is 2.32. The Hall–Kier alpha value is -3.79. The molecular weight excluding hydrogens is 432 g/mol. The fourth-order valence-corrected chi connectivity index (χ4v) is 3.66. The second-order valence-electron chi connectivity index (χ2n) is 6.53. The maximum absolute atomic E-state index is 12.1. The molecule has 4 aromatic rings. The van der Waals surface area contributed by atoms with E-state index in [2.05, 4.69) is 20.1 Å². The van der Waals surface area contributed by atoms with Gasteiger partial charge in [-0.25, -0.2) is 4.98 Å². The van der Waals surface area contributed by atoms with Crippen LogP contribution in [0.15, 0.2) is 63.0 Å². The third-order valence-electron chi connectivity index (χ3n) is 4.56. The number of ether oxygens (including phenoxy) is 3. The smallest absolute Gasteiger partial charge is 0.252 e. The fourth-order valence-electron chi connectivity index (χ4n) is 2.95. The van der Waals surface area contributed by atoms with Gasteiger partial charge in [-0.1, -0.05) is 16.9 Å². The van der Waals surface area contributed by atoms with Crippen LogP contribution in [0, 0.1) is 0 Å². The molecule has 0 aliphatic rings. The van der Waals surface area contributed by atoms with Crippen LogP contribution < -0.4 is 19.8 Å². The first-order valence-corrected chi connectivity index (χ1v) is 10.5. The minimum Gasteiger partial charge on any atom is -0.497 e. The molecule has 0 saturated heterocycles. The summed E-state index contributed by atoms with van der Waals surface area (Å²) in [7, 11) is 4.75. The van der Waals surface area contributed by atoms with Gasteiger partial charge in [0.05, 0.1) is 38.3 Å². The molecule has 0 radical (unpaired) electrons. The predicted octanol–water partition coefficient (Wildman–Crippen LogP) is 3.81. The number of H-pyrrole nitrogens is 1. The summed E-state index contributed by atoms with van der Waals surface area (Å²) >= 11 is 1.29. The molecule has 0 bridgehead atoms. The summed E-state index contributed by atoms with van der Waals surface area (Å²) in [4.78, 5) is 23.8. The van der Waals surface area contributed by atoms with E-state index in [0.29, 0.717) is 45.4 Å². The summed E-state index contributed by atoms with van der Waals surface area (Å²) in [6.45, 7) is 0. The molecule has 2 aromatic heterocycles. The molecular formula is C22H20N4O5S. The van der Waals surface area contributed by atoms with Gasteiger partial charge < -0.3 is 23.7 Å². The number of nitrogens with zero attached hydrogens (tertiary/aromatic N) is 3. The first kappa shape index (κ1) is 21.4. The molecule has 0 saturated carbocycles. The molecule has 1 N–H and O–H groups in total. The molecule has 10 heteroatoms. The monoisotopic (exact) mass is 452 g/mol. The number of thioether (sulfide) groups is 1. The zero-order valence-corrected chi connectivity index (χ0v) is 18.4. The van der Waals surface area contributed by atoms with Crippen LogP contribution in [-0.4, -0.2) is 41.4 Å². The maximum Gasteiger partial charge on any atom is 0.252 e. The molecule has 0 aliphatic carbocycles.